The molecule has 0 aromatic heterocycles. The average molecular weight is 171 g/mol. The summed E-state index contributed by atoms with van der Waals surface area (Å²) in [6.45, 7) is 11.2. The third-order valence-electron chi connectivity index (χ3n) is 2.27. The van der Waals surface area contributed by atoms with Gasteiger partial charge in [0.25, 0.3) is 0 Å². The van der Waals surface area contributed by atoms with Crippen molar-refractivity contribution < 1.29 is 0 Å². The summed E-state index contributed by atoms with van der Waals surface area (Å²) in [6.07, 6.45) is 4.70. The topological polar surface area (TPSA) is 26.0 Å². The Hall–Kier alpha value is -0.0400. The summed E-state index contributed by atoms with van der Waals surface area (Å²) in [5.74, 6) is 0. The van der Waals surface area contributed by atoms with E-state index in [9.17, 15) is 0 Å². The molecule has 0 bridgehead atoms. The lowest BCUT2D eigenvalue weighted by Gasteiger charge is -2.28. The van der Waals surface area contributed by atoms with E-state index in [1.165, 1.54) is 12.8 Å². The van der Waals surface area contributed by atoms with Crippen LogP contribution in [0.5, 0.6) is 0 Å². The monoisotopic (exact) mass is 171 g/mol. The number of hydrogen-bond acceptors (Lipinski definition) is 1. The molecule has 0 aromatic rings. The first-order chi connectivity index (χ1) is 5.27. The molecule has 2 N–H and O–H groups in total. The van der Waals surface area contributed by atoms with Gasteiger partial charge in [0.15, 0.2) is 0 Å². The first kappa shape index (κ1) is 12.0. The van der Waals surface area contributed by atoms with Crippen molar-refractivity contribution in [3.63, 3.8) is 0 Å². The Morgan fingerprint density at radius 3 is 1.75 bits per heavy atom. The highest BCUT2D eigenvalue weighted by Gasteiger charge is 2.20. The van der Waals surface area contributed by atoms with Crippen LogP contribution in [0.1, 0.15) is 60.3 Å². The van der Waals surface area contributed by atoms with Crippen molar-refractivity contribution in [3.05, 3.63) is 0 Å². The standard InChI is InChI=1S/C11H25N/c1-6-7-11(5,12)9-8-10(2,3)4/h6-9,12H2,1-5H3. The Balaban J connectivity index is 3.75. The van der Waals surface area contributed by atoms with Crippen molar-refractivity contribution in [2.75, 3.05) is 0 Å². The van der Waals surface area contributed by atoms with Gasteiger partial charge in [-0.1, -0.05) is 34.1 Å². The Labute approximate surface area is 77.7 Å². The molecule has 0 spiro atoms. The van der Waals surface area contributed by atoms with E-state index in [0.29, 0.717) is 5.41 Å². The van der Waals surface area contributed by atoms with Gasteiger partial charge in [-0.15, -0.1) is 0 Å². The molecule has 0 rings (SSSR count). The number of hydrogen-bond donors (Lipinski definition) is 1. The van der Waals surface area contributed by atoms with E-state index >= 15 is 0 Å². The molecule has 1 nitrogen and oxygen atoms in total. The molecule has 0 aliphatic rings. The SMILES string of the molecule is CCCC(C)(N)CCC(C)(C)C. The van der Waals surface area contributed by atoms with Crippen LogP contribution in [0.25, 0.3) is 0 Å². The molecule has 74 valence electrons. The molecular formula is C11H25N. The normalized spacial score (nSPS) is 17.5. The van der Waals surface area contributed by atoms with Crippen LogP contribution >= 0.6 is 0 Å². The molecular weight excluding hydrogens is 146 g/mol. The maximum absolute atomic E-state index is 6.13. The van der Waals surface area contributed by atoms with Crippen molar-refractivity contribution in [3.8, 4) is 0 Å². The smallest absolute Gasteiger partial charge is 0.0126 e. The second-order valence-corrected chi connectivity index (χ2v) is 5.46. The second-order valence-electron chi connectivity index (χ2n) is 5.46. The highest BCUT2D eigenvalue weighted by atomic mass is 14.7. The molecule has 0 saturated heterocycles. The molecule has 0 radical (unpaired) electrons. The molecule has 1 unspecified atom stereocenters. The van der Waals surface area contributed by atoms with Crippen molar-refractivity contribution >= 4 is 0 Å². The largest absolute Gasteiger partial charge is 0.325 e. The van der Waals surface area contributed by atoms with Gasteiger partial charge in [-0.2, -0.15) is 0 Å². The summed E-state index contributed by atoms with van der Waals surface area (Å²) in [7, 11) is 0. The molecule has 0 fully saturated rings. The Bertz CT molecular complexity index is 119. The molecule has 0 aliphatic carbocycles. The number of rotatable bonds is 4. The third kappa shape index (κ3) is 6.66. The van der Waals surface area contributed by atoms with Gasteiger partial charge in [-0.05, 0) is 31.6 Å². The Morgan fingerprint density at radius 2 is 1.42 bits per heavy atom. The molecule has 0 heterocycles. The van der Waals surface area contributed by atoms with Crippen LogP contribution in [0.15, 0.2) is 0 Å². The van der Waals surface area contributed by atoms with E-state index in [0.717, 1.165) is 12.8 Å². The fraction of sp³-hybridized carbons (Fsp3) is 1.00. The Kier molecular flexibility index (Phi) is 4.25. The molecule has 0 aromatic carbocycles. The van der Waals surface area contributed by atoms with Gasteiger partial charge in [-0.25, -0.2) is 0 Å². The third-order valence-corrected chi connectivity index (χ3v) is 2.27. The van der Waals surface area contributed by atoms with Crippen LogP contribution in [-0.4, -0.2) is 5.54 Å². The van der Waals surface area contributed by atoms with Crippen LogP contribution in [0.3, 0.4) is 0 Å². The molecule has 0 aliphatic heterocycles. The predicted octanol–water partition coefficient (Wildman–Crippen LogP) is 3.33. The zero-order valence-electron chi connectivity index (χ0n) is 9.41. The first-order valence-corrected chi connectivity index (χ1v) is 5.06. The van der Waals surface area contributed by atoms with Crippen molar-refractivity contribution in [2.24, 2.45) is 11.1 Å². The lowest BCUT2D eigenvalue weighted by Crippen LogP contribution is -2.36. The molecule has 0 amide bonds. The predicted molar refractivity (Wildman–Crippen MR) is 56.2 cm³/mol. The van der Waals surface area contributed by atoms with Crippen LogP contribution < -0.4 is 5.73 Å². The van der Waals surface area contributed by atoms with E-state index < -0.39 is 0 Å². The van der Waals surface area contributed by atoms with Gasteiger partial charge in [0.1, 0.15) is 0 Å². The van der Waals surface area contributed by atoms with E-state index in [-0.39, 0.29) is 5.54 Å². The van der Waals surface area contributed by atoms with Crippen molar-refractivity contribution in [1.29, 1.82) is 0 Å². The highest BCUT2D eigenvalue weighted by Crippen LogP contribution is 2.26. The van der Waals surface area contributed by atoms with Gasteiger partial charge >= 0.3 is 0 Å². The van der Waals surface area contributed by atoms with E-state index in [1.807, 2.05) is 0 Å². The first-order valence-electron chi connectivity index (χ1n) is 5.06. The fourth-order valence-corrected chi connectivity index (χ4v) is 1.36. The summed E-state index contributed by atoms with van der Waals surface area (Å²) in [4.78, 5) is 0. The molecule has 12 heavy (non-hydrogen) atoms. The zero-order valence-corrected chi connectivity index (χ0v) is 9.41. The highest BCUT2D eigenvalue weighted by molar-refractivity contribution is 4.80. The van der Waals surface area contributed by atoms with Crippen LogP contribution in [0, 0.1) is 5.41 Å². The summed E-state index contributed by atoms with van der Waals surface area (Å²) in [5.41, 5.74) is 6.62. The molecule has 1 atom stereocenters. The summed E-state index contributed by atoms with van der Waals surface area (Å²) < 4.78 is 0. The van der Waals surface area contributed by atoms with Gasteiger partial charge in [0, 0.05) is 5.54 Å². The minimum Gasteiger partial charge on any atom is -0.325 e. The minimum atomic E-state index is 0.0576. The molecule has 0 saturated carbocycles. The summed E-state index contributed by atoms with van der Waals surface area (Å²) >= 11 is 0. The van der Waals surface area contributed by atoms with Crippen LogP contribution in [0.4, 0.5) is 0 Å². The lowest BCUT2D eigenvalue weighted by molar-refractivity contribution is 0.292. The minimum absolute atomic E-state index is 0.0576. The van der Waals surface area contributed by atoms with Crippen molar-refractivity contribution in [1.82, 2.24) is 0 Å². The maximum Gasteiger partial charge on any atom is 0.0126 e. The van der Waals surface area contributed by atoms with Gasteiger partial charge in [-0.3, -0.25) is 0 Å². The number of nitrogens with two attached hydrogens (primary N) is 1. The lowest BCUT2D eigenvalue weighted by atomic mass is 9.82. The van der Waals surface area contributed by atoms with Crippen LogP contribution in [0.2, 0.25) is 0 Å². The van der Waals surface area contributed by atoms with Gasteiger partial charge < -0.3 is 5.73 Å². The van der Waals surface area contributed by atoms with Crippen molar-refractivity contribution in [2.45, 2.75) is 65.8 Å². The van der Waals surface area contributed by atoms with E-state index in [4.69, 9.17) is 5.73 Å². The summed E-state index contributed by atoms with van der Waals surface area (Å²) in [6, 6.07) is 0. The quantitative estimate of drug-likeness (QED) is 0.690. The Morgan fingerprint density at radius 1 is 0.917 bits per heavy atom. The fourth-order valence-electron chi connectivity index (χ4n) is 1.36. The van der Waals surface area contributed by atoms with Gasteiger partial charge in [0.2, 0.25) is 0 Å². The maximum atomic E-state index is 6.13. The van der Waals surface area contributed by atoms with Crippen LogP contribution in [-0.2, 0) is 0 Å². The second kappa shape index (κ2) is 4.27. The van der Waals surface area contributed by atoms with E-state index in [2.05, 4.69) is 34.6 Å². The summed E-state index contributed by atoms with van der Waals surface area (Å²) in [5, 5.41) is 0. The van der Waals surface area contributed by atoms with Gasteiger partial charge in [0.05, 0.1) is 0 Å². The zero-order chi connectivity index (χ0) is 9.83. The molecule has 1 heteroatoms. The van der Waals surface area contributed by atoms with E-state index in [1.54, 1.807) is 0 Å². The average Bonchev–Trinajstić information content (AvgIpc) is 1.83.